The van der Waals surface area contributed by atoms with Gasteiger partial charge in [0.25, 0.3) is 0 Å². The van der Waals surface area contributed by atoms with Crippen molar-refractivity contribution in [2.75, 3.05) is 0 Å². The first-order valence-electron chi connectivity index (χ1n) is 8.07. The summed E-state index contributed by atoms with van der Waals surface area (Å²) >= 11 is 0. The molecule has 0 aromatic heterocycles. The zero-order chi connectivity index (χ0) is 14.1. The maximum Gasteiger partial charge on any atom is 0.158 e. The van der Waals surface area contributed by atoms with Crippen molar-refractivity contribution >= 4 is 0 Å². The quantitative estimate of drug-likeness (QED) is 0.719. The Balaban J connectivity index is 2.02. The molecule has 1 aliphatic heterocycles. The molecule has 6 atom stereocenters. The van der Waals surface area contributed by atoms with Crippen molar-refractivity contribution in [2.24, 2.45) is 28.6 Å². The van der Waals surface area contributed by atoms with Crippen LogP contribution < -0.4 is 0 Å². The summed E-state index contributed by atoms with van der Waals surface area (Å²) in [6.07, 6.45) is 5.81. The molecule has 3 aliphatic rings. The highest BCUT2D eigenvalue weighted by Crippen LogP contribution is 2.66. The molecule has 19 heavy (non-hydrogen) atoms. The summed E-state index contributed by atoms with van der Waals surface area (Å²) < 4.78 is 6.00. The van der Waals surface area contributed by atoms with Gasteiger partial charge in [-0.3, -0.25) is 0 Å². The van der Waals surface area contributed by atoms with Gasteiger partial charge in [-0.1, -0.05) is 34.1 Å². The lowest BCUT2D eigenvalue weighted by Gasteiger charge is -2.60. The van der Waals surface area contributed by atoms with Crippen molar-refractivity contribution in [2.45, 2.75) is 78.6 Å². The van der Waals surface area contributed by atoms with E-state index in [0.29, 0.717) is 16.7 Å². The van der Waals surface area contributed by atoms with Crippen LogP contribution in [0.5, 0.6) is 0 Å². The minimum Gasteiger partial charge on any atom is -0.368 e. The summed E-state index contributed by atoms with van der Waals surface area (Å²) in [7, 11) is 0. The van der Waals surface area contributed by atoms with Crippen molar-refractivity contribution < 1.29 is 9.84 Å². The van der Waals surface area contributed by atoms with Gasteiger partial charge < -0.3 is 9.84 Å². The molecular formula is C17H30O2. The molecule has 2 heteroatoms. The highest BCUT2D eigenvalue weighted by molar-refractivity contribution is 5.11. The second kappa shape index (κ2) is 3.98. The van der Waals surface area contributed by atoms with Crippen LogP contribution in [0.15, 0.2) is 0 Å². The summed E-state index contributed by atoms with van der Waals surface area (Å²) in [5.41, 5.74) is 0.685. The minimum absolute atomic E-state index is 0.0997. The number of hydrogen-bond acceptors (Lipinski definition) is 2. The van der Waals surface area contributed by atoms with Gasteiger partial charge >= 0.3 is 0 Å². The van der Waals surface area contributed by atoms with E-state index in [2.05, 4.69) is 34.6 Å². The molecule has 110 valence electrons. The molecule has 0 radical (unpaired) electrons. The van der Waals surface area contributed by atoms with Gasteiger partial charge in [0.2, 0.25) is 0 Å². The zero-order valence-electron chi connectivity index (χ0n) is 13.2. The monoisotopic (exact) mass is 266 g/mol. The first-order valence-corrected chi connectivity index (χ1v) is 8.07. The third-order valence-electron chi connectivity index (χ3n) is 6.94. The van der Waals surface area contributed by atoms with Gasteiger partial charge in [0.05, 0.1) is 5.60 Å². The highest BCUT2D eigenvalue weighted by atomic mass is 16.6. The molecule has 0 spiro atoms. The fourth-order valence-electron chi connectivity index (χ4n) is 6.38. The van der Waals surface area contributed by atoms with Crippen molar-refractivity contribution in [1.82, 2.24) is 0 Å². The number of ether oxygens (including phenoxy) is 1. The summed E-state index contributed by atoms with van der Waals surface area (Å²) in [6, 6.07) is 0. The fourth-order valence-corrected chi connectivity index (χ4v) is 6.38. The average molecular weight is 266 g/mol. The van der Waals surface area contributed by atoms with E-state index in [4.69, 9.17) is 4.74 Å². The molecule has 1 saturated heterocycles. The van der Waals surface area contributed by atoms with Gasteiger partial charge in [-0.2, -0.15) is 0 Å². The third-order valence-corrected chi connectivity index (χ3v) is 6.94. The third kappa shape index (κ3) is 1.75. The molecular weight excluding hydrogens is 236 g/mol. The van der Waals surface area contributed by atoms with E-state index in [1.165, 1.54) is 25.7 Å². The van der Waals surface area contributed by atoms with E-state index in [1.807, 2.05) is 0 Å². The van der Waals surface area contributed by atoms with Crippen LogP contribution in [0.4, 0.5) is 0 Å². The van der Waals surface area contributed by atoms with Gasteiger partial charge in [-0.25, -0.2) is 0 Å². The molecule has 1 heterocycles. The molecule has 3 rings (SSSR count). The Morgan fingerprint density at radius 2 is 1.74 bits per heavy atom. The predicted molar refractivity (Wildman–Crippen MR) is 76.6 cm³/mol. The summed E-state index contributed by atoms with van der Waals surface area (Å²) in [5, 5.41) is 10.2. The van der Waals surface area contributed by atoms with E-state index in [-0.39, 0.29) is 11.5 Å². The molecule has 2 saturated carbocycles. The SMILES string of the molecule is C[C@@H]1C(O)O[C@]2(C)CCC3C(C)(C)CCC[C@]3(C)[C@@H]12. The lowest BCUT2D eigenvalue weighted by molar-refractivity contribution is -0.181. The van der Waals surface area contributed by atoms with Crippen LogP contribution in [0.2, 0.25) is 0 Å². The zero-order valence-corrected chi connectivity index (χ0v) is 13.2. The first kappa shape index (κ1) is 13.9. The Kier molecular flexibility index (Phi) is 2.91. The van der Waals surface area contributed by atoms with Crippen molar-refractivity contribution in [1.29, 1.82) is 0 Å². The number of fused-ring (bicyclic) bond motifs is 3. The standard InChI is InChI=1S/C17H30O2/c1-11-13-16(4)9-6-8-15(2,3)12(16)7-10-17(13,5)19-14(11)18/h11-14,18H,6-10H2,1-5H3/t11-,12?,13+,14?,16-,17+/m0/s1. The molecule has 1 N–H and O–H groups in total. The second-order valence-corrected chi connectivity index (χ2v) is 8.60. The molecule has 2 unspecified atom stereocenters. The van der Waals surface area contributed by atoms with Gasteiger partial charge in [0.1, 0.15) is 0 Å². The van der Waals surface area contributed by atoms with E-state index >= 15 is 0 Å². The maximum absolute atomic E-state index is 10.2. The second-order valence-electron chi connectivity index (χ2n) is 8.60. The Hall–Kier alpha value is -0.0800. The Labute approximate surface area is 117 Å². The largest absolute Gasteiger partial charge is 0.368 e. The highest BCUT2D eigenvalue weighted by Gasteiger charge is 2.64. The van der Waals surface area contributed by atoms with Crippen LogP contribution in [0, 0.1) is 28.6 Å². The topological polar surface area (TPSA) is 29.5 Å². The number of hydrogen-bond donors (Lipinski definition) is 1. The van der Waals surface area contributed by atoms with E-state index in [0.717, 1.165) is 12.3 Å². The average Bonchev–Trinajstić information content (AvgIpc) is 2.49. The van der Waals surface area contributed by atoms with E-state index in [1.54, 1.807) is 0 Å². The van der Waals surface area contributed by atoms with Crippen molar-refractivity contribution in [3.05, 3.63) is 0 Å². The molecule has 0 aromatic carbocycles. The van der Waals surface area contributed by atoms with Crippen molar-refractivity contribution in [3.63, 3.8) is 0 Å². The van der Waals surface area contributed by atoms with Crippen LogP contribution in [0.1, 0.15) is 66.7 Å². The predicted octanol–water partition coefficient (Wildman–Crippen LogP) is 3.97. The summed E-state index contributed by atoms with van der Waals surface area (Å²) in [6.45, 7) is 11.8. The Morgan fingerprint density at radius 3 is 2.42 bits per heavy atom. The van der Waals surface area contributed by atoms with Gasteiger partial charge in [0.15, 0.2) is 6.29 Å². The van der Waals surface area contributed by atoms with E-state index in [9.17, 15) is 5.11 Å². The van der Waals surface area contributed by atoms with Crippen LogP contribution in [-0.4, -0.2) is 17.0 Å². The van der Waals surface area contributed by atoms with Crippen LogP contribution in [0.25, 0.3) is 0 Å². The fraction of sp³-hybridized carbons (Fsp3) is 1.00. The summed E-state index contributed by atoms with van der Waals surface area (Å²) in [5.74, 6) is 1.56. The van der Waals surface area contributed by atoms with Gasteiger partial charge in [-0.05, 0) is 49.4 Å². The Bertz CT molecular complexity index is 377. The lowest BCUT2D eigenvalue weighted by Crippen LogP contribution is -2.57. The van der Waals surface area contributed by atoms with Crippen LogP contribution in [-0.2, 0) is 4.74 Å². The first-order chi connectivity index (χ1) is 8.71. The summed E-state index contributed by atoms with van der Waals surface area (Å²) in [4.78, 5) is 0. The van der Waals surface area contributed by atoms with Crippen molar-refractivity contribution in [3.8, 4) is 0 Å². The van der Waals surface area contributed by atoms with Gasteiger partial charge in [-0.15, -0.1) is 0 Å². The normalized spacial score (nSPS) is 56.5. The molecule has 0 aromatic rings. The lowest BCUT2D eigenvalue weighted by atomic mass is 9.44. The molecule has 3 fully saturated rings. The molecule has 0 amide bonds. The maximum atomic E-state index is 10.2. The number of aliphatic hydroxyl groups excluding tert-OH is 1. The number of aliphatic hydroxyl groups is 1. The Morgan fingerprint density at radius 1 is 1.05 bits per heavy atom. The van der Waals surface area contributed by atoms with Crippen LogP contribution >= 0.6 is 0 Å². The van der Waals surface area contributed by atoms with Gasteiger partial charge in [0, 0.05) is 11.8 Å². The number of rotatable bonds is 0. The molecule has 2 aliphatic carbocycles. The minimum atomic E-state index is -0.560. The van der Waals surface area contributed by atoms with E-state index < -0.39 is 6.29 Å². The smallest absolute Gasteiger partial charge is 0.158 e. The van der Waals surface area contributed by atoms with Crippen LogP contribution in [0.3, 0.4) is 0 Å². The molecule has 2 nitrogen and oxygen atoms in total. The molecule has 0 bridgehead atoms.